The van der Waals surface area contributed by atoms with Crippen LogP contribution in [0.15, 0.2) is 48.5 Å². The van der Waals surface area contributed by atoms with Gasteiger partial charge in [0.2, 0.25) is 0 Å². The van der Waals surface area contributed by atoms with Crippen LogP contribution in [0.4, 0.5) is 11.4 Å². The van der Waals surface area contributed by atoms with Gasteiger partial charge in [-0.2, -0.15) is 0 Å². The van der Waals surface area contributed by atoms with Gasteiger partial charge in [-0.25, -0.2) is 0 Å². The predicted molar refractivity (Wildman–Crippen MR) is 99.2 cm³/mol. The Hall–Kier alpha value is -2.48. The molecule has 0 aliphatic carbocycles. The maximum Gasteiger partial charge on any atom is 0.287 e. The summed E-state index contributed by atoms with van der Waals surface area (Å²) in [5.41, 5.74) is 1.04. The molecule has 8 heteroatoms. The molecule has 2 rings (SSSR count). The standard InChI is InChI=1S/C18H20ClN3O4/c1-12(11-26-2)20-17(13-6-4-3-5-7-13)18(23)21-16-9-8-14(22(24)25)10-15(16)19/h3-10,12,17,20H,11H2,1-2H3,(H,21,23)/p+1/t12-,17+/m0/s1. The molecule has 0 aromatic heterocycles. The molecule has 0 radical (unpaired) electrons. The number of nitro benzene ring substituents is 1. The molecule has 2 aromatic carbocycles. The number of carbonyl (C=O) groups excluding carboxylic acids is 1. The highest BCUT2D eigenvalue weighted by Gasteiger charge is 2.27. The third kappa shape index (κ3) is 5.26. The number of nitrogens with two attached hydrogens (primary N) is 1. The summed E-state index contributed by atoms with van der Waals surface area (Å²) in [5, 5.41) is 15.6. The lowest BCUT2D eigenvalue weighted by Crippen LogP contribution is -2.92. The van der Waals surface area contributed by atoms with Crippen molar-refractivity contribution in [2.75, 3.05) is 19.0 Å². The van der Waals surface area contributed by atoms with Crippen LogP contribution in [-0.2, 0) is 9.53 Å². The van der Waals surface area contributed by atoms with Gasteiger partial charge in [0.1, 0.15) is 6.04 Å². The maximum atomic E-state index is 12.8. The van der Waals surface area contributed by atoms with Crippen molar-refractivity contribution in [3.63, 3.8) is 0 Å². The van der Waals surface area contributed by atoms with Crippen LogP contribution in [0, 0.1) is 10.1 Å². The van der Waals surface area contributed by atoms with E-state index in [1.54, 1.807) is 7.11 Å². The highest BCUT2D eigenvalue weighted by molar-refractivity contribution is 6.34. The molecule has 138 valence electrons. The maximum absolute atomic E-state index is 12.8. The number of non-ortho nitro benzene ring substituents is 1. The number of hydrogen-bond donors (Lipinski definition) is 2. The number of hydrogen-bond acceptors (Lipinski definition) is 4. The third-order valence-electron chi connectivity index (χ3n) is 3.81. The number of carbonyl (C=O) groups is 1. The average Bonchev–Trinajstić information content (AvgIpc) is 2.62. The van der Waals surface area contributed by atoms with E-state index in [2.05, 4.69) is 5.32 Å². The number of nitrogens with one attached hydrogen (secondary N) is 1. The lowest BCUT2D eigenvalue weighted by molar-refractivity contribution is -0.713. The van der Waals surface area contributed by atoms with Gasteiger partial charge in [-0.1, -0.05) is 41.9 Å². The Balaban J connectivity index is 2.22. The Morgan fingerprint density at radius 3 is 2.58 bits per heavy atom. The number of amides is 1. The van der Waals surface area contributed by atoms with Crippen LogP contribution in [-0.4, -0.2) is 30.6 Å². The molecule has 2 atom stereocenters. The van der Waals surface area contributed by atoms with E-state index in [1.807, 2.05) is 42.6 Å². The molecule has 0 aliphatic heterocycles. The SMILES string of the molecule is COC[C@H](C)[NH2+][C@@H](C(=O)Nc1ccc([N+](=O)[O-])cc1Cl)c1ccccc1. The van der Waals surface area contributed by atoms with Gasteiger partial charge >= 0.3 is 0 Å². The zero-order valence-electron chi connectivity index (χ0n) is 14.5. The van der Waals surface area contributed by atoms with Crippen molar-refractivity contribution in [1.29, 1.82) is 0 Å². The summed E-state index contributed by atoms with van der Waals surface area (Å²) in [7, 11) is 1.61. The van der Waals surface area contributed by atoms with Crippen LogP contribution in [0.1, 0.15) is 18.5 Å². The van der Waals surface area contributed by atoms with Crippen LogP contribution in [0.25, 0.3) is 0 Å². The molecule has 7 nitrogen and oxygen atoms in total. The zero-order valence-corrected chi connectivity index (χ0v) is 15.3. The summed E-state index contributed by atoms with van der Waals surface area (Å²) >= 11 is 6.07. The van der Waals surface area contributed by atoms with Crippen LogP contribution in [0.5, 0.6) is 0 Å². The van der Waals surface area contributed by atoms with E-state index < -0.39 is 11.0 Å². The van der Waals surface area contributed by atoms with Gasteiger partial charge in [0.15, 0.2) is 6.04 Å². The lowest BCUT2D eigenvalue weighted by atomic mass is 10.0. The molecule has 0 saturated carbocycles. The van der Waals surface area contributed by atoms with Crippen LogP contribution >= 0.6 is 11.6 Å². The largest absolute Gasteiger partial charge is 0.379 e. The van der Waals surface area contributed by atoms with Crippen molar-refractivity contribution >= 4 is 28.9 Å². The zero-order chi connectivity index (χ0) is 19.1. The molecule has 3 N–H and O–H groups in total. The number of quaternary nitrogens is 1. The van der Waals surface area contributed by atoms with E-state index in [0.717, 1.165) is 5.56 Å². The predicted octanol–water partition coefficient (Wildman–Crippen LogP) is 2.53. The minimum Gasteiger partial charge on any atom is -0.379 e. The fourth-order valence-electron chi connectivity index (χ4n) is 2.59. The summed E-state index contributed by atoms with van der Waals surface area (Å²) in [6.07, 6.45) is 0. The summed E-state index contributed by atoms with van der Waals surface area (Å²) in [4.78, 5) is 23.1. The van der Waals surface area contributed by atoms with Crippen molar-refractivity contribution in [2.45, 2.75) is 19.0 Å². The Kier molecular flexibility index (Phi) is 7.08. The second kappa shape index (κ2) is 9.28. The number of nitro groups is 1. The van der Waals surface area contributed by atoms with Crippen LogP contribution in [0.2, 0.25) is 5.02 Å². The van der Waals surface area contributed by atoms with E-state index in [-0.39, 0.29) is 22.7 Å². The average molecular weight is 379 g/mol. The number of halogens is 1. The molecular weight excluding hydrogens is 358 g/mol. The minimum absolute atomic E-state index is 0.0586. The highest BCUT2D eigenvalue weighted by atomic mass is 35.5. The molecule has 0 heterocycles. The molecule has 0 fully saturated rings. The van der Waals surface area contributed by atoms with Gasteiger partial charge in [-0.15, -0.1) is 0 Å². The molecule has 0 bridgehead atoms. The molecule has 1 amide bonds. The fourth-order valence-corrected chi connectivity index (χ4v) is 2.81. The van der Waals surface area contributed by atoms with E-state index in [1.165, 1.54) is 18.2 Å². The molecule has 0 saturated heterocycles. The smallest absolute Gasteiger partial charge is 0.287 e. The van der Waals surface area contributed by atoms with E-state index in [0.29, 0.717) is 12.3 Å². The Labute approximate surface area is 156 Å². The molecule has 2 aromatic rings. The quantitative estimate of drug-likeness (QED) is 0.544. The topological polar surface area (TPSA) is 98.1 Å². The van der Waals surface area contributed by atoms with Crippen molar-refractivity contribution in [1.82, 2.24) is 0 Å². The number of anilines is 1. The van der Waals surface area contributed by atoms with Gasteiger partial charge in [-0.3, -0.25) is 14.9 Å². The summed E-state index contributed by atoms with van der Waals surface area (Å²) in [6.45, 7) is 2.46. The van der Waals surface area contributed by atoms with Gasteiger partial charge in [0.05, 0.1) is 22.2 Å². The first-order chi connectivity index (χ1) is 12.4. The summed E-state index contributed by atoms with van der Waals surface area (Å²) in [5.74, 6) is -0.269. The second-order valence-corrected chi connectivity index (χ2v) is 6.33. The van der Waals surface area contributed by atoms with Gasteiger partial charge < -0.3 is 15.4 Å². The normalized spacial score (nSPS) is 13.0. The summed E-state index contributed by atoms with van der Waals surface area (Å²) in [6, 6.07) is 12.9. The monoisotopic (exact) mass is 378 g/mol. The number of rotatable bonds is 8. The van der Waals surface area contributed by atoms with Crippen molar-refractivity contribution in [3.8, 4) is 0 Å². The van der Waals surface area contributed by atoms with E-state index >= 15 is 0 Å². The third-order valence-corrected chi connectivity index (χ3v) is 4.13. The molecule has 0 unspecified atom stereocenters. The van der Waals surface area contributed by atoms with Gasteiger partial charge in [0.25, 0.3) is 11.6 Å². The Morgan fingerprint density at radius 1 is 1.31 bits per heavy atom. The number of benzene rings is 2. The van der Waals surface area contributed by atoms with Crippen LogP contribution in [0.3, 0.4) is 0 Å². The van der Waals surface area contributed by atoms with E-state index in [4.69, 9.17) is 16.3 Å². The molecule has 26 heavy (non-hydrogen) atoms. The van der Waals surface area contributed by atoms with Gasteiger partial charge in [-0.05, 0) is 13.0 Å². The number of methoxy groups -OCH3 is 1. The van der Waals surface area contributed by atoms with Crippen molar-refractivity contribution in [2.24, 2.45) is 0 Å². The first-order valence-corrected chi connectivity index (χ1v) is 8.44. The first-order valence-electron chi connectivity index (χ1n) is 8.06. The molecule has 0 aliphatic rings. The Morgan fingerprint density at radius 2 is 2.00 bits per heavy atom. The summed E-state index contributed by atoms with van der Waals surface area (Å²) < 4.78 is 5.15. The first kappa shape index (κ1) is 19.8. The van der Waals surface area contributed by atoms with Crippen molar-refractivity contribution in [3.05, 3.63) is 69.2 Å². The van der Waals surface area contributed by atoms with E-state index in [9.17, 15) is 14.9 Å². The number of ether oxygens (including phenoxy) is 1. The van der Waals surface area contributed by atoms with Crippen molar-refractivity contribution < 1.29 is 19.8 Å². The molecular formula is C18H21ClN3O4+. The molecule has 0 spiro atoms. The fraction of sp³-hybridized carbons (Fsp3) is 0.278. The Bertz CT molecular complexity index is 770. The number of nitrogens with zero attached hydrogens (tertiary/aromatic N) is 1. The lowest BCUT2D eigenvalue weighted by Gasteiger charge is -2.20. The highest BCUT2D eigenvalue weighted by Crippen LogP contribution is 2.27. The second-order valence-electron chi connectivity index (χ2n) is 5.92. The van der Waals surface area contributed by atoms with Gasteiger partial charge in [0, 0.05) is 24.8 Å². The van der Waals surface area contributed by atoms with Crippen LogP contribution < -0.4 is 10.6 Å². The minimum atomic E-state index is -0.537.